The summed E-state index contributed by atoms with van der Waals surface area (Å²) in [6, 6.07) is 8.96. The van der Waals surface area contributed by atoms with Crippen LogP contribution in [-0.4, -0.2) is 37.0 Å². The van der Waals surface area contributed by atoms with Crippen molar-refractivity contribution in [2.75, 3.05) is 31.1 Å². The first-order valence-electron chi connectivity index (χ1n) is 9.40. The molecule has 2 aliphatic heterocycles. The average molecular weight is 312 g/mol. The maximum absolute atomic E-state index is 12.1. The van der Waals surface area contributed by atoms with Gasteiger partial charge in [-0.05, 0) is 69.3 Å². The molecule has 1 aromatic rings. The predicted molar refractivity (Wildman–Crippen MR) is 93.8 cm³/mol. The fourth-order valence-electron chi connectivity index (χ4n) is 4.58. The van der Waals surface area contributed by atoms with Gasteiger partial charge in [-0.2, -0.15) is 0 Å². The molecule has 0 radical (unpaired) electrons. The SMILES string of the molecule is O=C1CCCCN1c1ccc(C2(CN3CCCC3)CCC2)cc1. The van der Waals surface area contributed by atoms with Crippen molar-refractivity contribution < 1.29 is 4.79 Å². The van der Waals surface area contributed by atoms with Crippen molar-refractivity contribution in [2.24, 2.45) is 0 Å². The summed E-state index contributed by atoms with van der Waals surface area (Å²) in [5.41, 5.74) is 2.97. The average Bonchev–Trinajstić information content (AvgIpc) is 3.05. The highest BCUT2D eigenvalue weighted by atomic mass is 16.2. The maximum Gasteiger partial charge on any atom is 0.226 e. The zero-order valence-corrected chi connectivity index (χ0v) is 14.1. The van der Waals surface area contributed by atoms with Gasteiger partial charge in [-0.3, -0.25) is 4.79 Å². The summed E-state index contributed by atoms with van der Waals surface area (Å²) < 4.78 is 0. The Hall–Kier alpha value is -1.35. The minimum atomic E-state index is 0.291. The molecule has 1 amide bonds. The van der Waals surface area contributed by atoms with E-state index in [4.69, 9.17) is 0 Å². The van der Waals surface area contributed by atoms with Crippen molar-refractivity contribution in [1.82, 2.24) is 4.90 Å². The van der Waals surface area contributed by atoms with Crippen LogP contribution >= 0.6 is 0 Å². The molecule has 3 heteroatoms. The van der Waals surface area contributed by atoms with E-state index in [1.807, 2.05) is 4.90 Å². The van der Waals surface area contributed by atoms with Crippen LogP contribution in [0.5, 0.6) is 0 Å². The van der Waals surface area contributed by atoms with Crippen molar-refractivity contribution in [1.29, 1.82) is 0 Å². The van der Waals surface area contributed by atoms with Gasteiger partial charge in [0.05, 0.1) is 0 Å². The minimum absolute atomic E-state index is 0.291. The highest BCUT2D eigenvalue weighted by molar-refractivity contribution is 5.93. The van der Waals surface area contributed by atoms with E-state index in [0.717, 1.165) is 25.1 Å². The second-order valence-electron chi connectivity index (χ2n) is 7.67. The first kappa shape index (κ1) is 15.2. The maximum atomic E-state index is 12.1. The number of nitrogens with zero attached hydrogens (tertiary/aromatic N) is 2. The number of carbonyl (C=O) groups excluding carboxylic acids is 1. The standard InChI is InChI=1S/C20H28N2O/c23-19-6-1-2-15-22(19)18-9-7-17(8-10-18)20(11-5-12-20)16-21-13-3-4-14-21/h7-10H,1-6,11-16H2. The molecule has 1 saturated carbocycles. The van der Waals surface area contributed by atoms with Crippen LogP contribution in [0.3, 0.4) is 0 Å². The second kappa shape index (κ2) is 6.27. The number of amides is 1. The summed E-state index contributed by atoms with van der Waals surface area (Å²) in [6.07, 6.45) is 9.63. The number of hydrogen-bond acceptors (Lipinski definition) is 2. The molecule has 23 heavy (non-hydrogen) atoms. The lowest BCUT2D eigenvalue weighted by Gasteiger charge is -2.45. The molecule has 0 unspecified atom stereocenters. The molecule has 0 aromatic heterocycles. The normalized spacial score (nSPS) is 24.7. The predicted octanol–water partition coefficient (Wildman–Crippen LogP) is 3.72. The van der Waals surface area contributed by atoms with E-state index < -0.39 is 0 Å². The molecule has 1 aromatic carbocycles. The van der Waals surface area contributed by atoms with E-state index in [1.165, 1.54) is 57.3 Å². The quantitative estimate of drug-likeness (QED) is 0.846. The van der Waals surface area contributed by atoms with Crippen LogP contribution in [0.15, 0.2) is 24.3 Å². The molecular formula is C20H28N2O. The Morgan fingerprint density at radius 2 is 1.57 bits per heavy atom. The van der Waals surface area contributed by atoms with Crippen LogP contribution in [0, 0.1) is 0 Å². The van der Waals surface area contributed by atoms with E-state index in [1.54, 1.807) is 0 Å². The molecule has 0 spiro atoms. The van der Waals surface area contributed by atoms with E-state index in [0.29, 0.717) is 17.7 Å². The molecule has 0 N–H and O–H groups in total. The number of hydrogen-bond donors (Lipinski definition) is 0. The number of anilines is 1. The molecule has 2 heterocycles. The smallest absolute Gasteiger partial charge is 0.226 e. The Balaban J connectivity index is 1.51. The fraction of sp³-hybridized carbons (Fsp3) is 0.650. The van der Waals surface area contributed by atoms with Gasteiger partial charge in [0, 0.05) is 30.6 Å². The largest absolute Gasteiger partial charge is 0.312 e. The Kier molecular flexibility index (Phi) is 4.14. The number of piperidine rings is 1. The van der Waals surface area contributed by atoms with Gasteiger partial charge < -0.3 is 9.80 Å². The van der Waals surface area contributed by atoms with E-state index in [9.17, 15) is 4.79 Å². The van der Waals surface area contributed by atoms with Crippen molar-refractivity contribution >= 4 is 11.6 Å². The first-order valence-corrected chi connectivity index (χ1v) is 9.40. The van der Waals surface area contributed by atoms with Crippen LogP contribution in [0.25, 0.3) is 0 Å². The zero-order valence-electron chi connectivity index (χ0n) is 14.1. The van der Waals surface area contributed by atoms with Crippen LogP contribution in [0.2, 0.25) is 0 Å². The second-order valence-corrected chi connectivity index (χ2v) is 7.67. The van der Waals surface area contributed by atoms with Crippen molar-refractivity contribution in [3.8, 4) is 0 Å². The van der Waals surface area contributed by atoms with Gasteiger partial charge in [-0.1, -0.05) is 18.6 Å². The molecule has 3 aliphatic rings. The Bertz CT molecular complexity index is 556. The van der Waals surface area contributed by atoms with Crippen LogP contribution < -0.4 is 4.90 Å². The zero-order chi connectivity index (χ0) is 15.7. The van der Waals surface area contributed by atoms with Gasteiger partial charge in [-0.15, -0.1) is 0 Å². The third-order valence-electron chi connectivity index (χ3n) is 6.15. The number of carbonyl (C=O) groups is 1. The summed E-state index contributed by atoms with van der Waals surface area (Å²) in [4.78, 5) is 16.7. The highest BCUT2D eigenvalue weighted by Crippen LogP contribution is 2.45. The summed E-state index contributed by atoms with van der Waals surface area (Å²) in [5, 5.41) is 0. The minimum Gasteiger partial charge on any atom is -0.312 e. The van der Waals surface area contributed by atoms with E-state index >= 15 is 0 Å². The lowest BCUT2D eigenvalue weighted by atomic mass is 9.64. The molecule has 2 saturated heterocycles. The highest BCUT2D eigenvalue weighted by Gasteiger charge is 2.40. The van der Waals surface area contributed by atoms with Gasteiger partial charge >= 0.3 is 0 Å². The summed E-state index contributed by atoms with van der Waals surface area (Å²) in [7, 11) is 0. The fourth-order valence-corrected chi connectivity index (χ4v) is 4.58. The van der Waals surface area contributed by atoms with Gasteiger partial charge in [0.15, 0.2) is 0 Å². The third kappa shape index (κ3) is 2.91. The molecule has 124 valence electrons. The number of benzene rings is 1. The van der Waals surface area contributed by atoms with Crippen molar-refractivity contribution in [2.45, 2.75) is 56.8 Å². The van der Waals surface area contributed by atoms with Crippen LogP contribution in [-0.2, 0) is 10.2 Å². The van der Waals surface area contributed by atoms with E-state index in [2.05, 4.69) is 29.2 Å². The molecule has 3 nitrogen and oxygen atoms in total. The Labute approximate surface area is 139 Å². The van der Waals surface area contributed by atoms with E-state index in [-0.39, 0.29) is 0 Å². The molecule has 3 fully saturated rings. The van der Waals surface area contributed by atoms with Gasteiger partial charge in [-0.25, -0.2) is 0 Å². The molecule has 1 aliphatic carbocycles. The number of likely N-dealkylation sites (tertiary alicyclic amines) is 1. The molecule has 0 bridgehead atoms. The Morgan fingerprint density at radius 3 is 2.17 bits per heavy atom. The molecule has 4 rings (SSSR count). The Morgan fingerprint density at radius 1 is 0.870 bits per heavy atom. The lowest BCUT2D eigenvalue weighted by molar-refractivity contribution is -0.119. The lowest BCUT2D eigenvalue weighted by Crippen LogP contribution is -2.45. The van der Waals surface area contributed by atoms with Crippen LogP contribution in [0.4, 0.5) is 5.69 Å². The van der Waals surface area contributed by atoms with Crippen LogP contribution in [0.1, 0.15) is 56.9 Å². The summed E-state index contributed by atoms with van der Waals surface area (Å²) in [5.74, 6) is 0.291. The summed E-state index contributed by atoms with van der Waals surface area (Å²) in [6.45, 7) is 4.68. The molecule has 0 atom stereocenters. The van der Waals surface area contributed by atoms with Crippen molar-refractivity contribution in [3.05, 3.63) is 29.8 Å². The number of rotatable bonds is 4. The van der Waals surface area contributed by atoms with Gasteiger partial charge in [0.2, 0.25) is 5.91 Å². The third-order valence-corrected chi connectivity index (χ3v) is 6.15. The topological polar surface area (TPSA) is 23.6 Å². The summed E-state index contributed by atoms with van der Waals surface area (Å²) >= 11 is 0. The monoisotopic (exact) mass is 312 g/mol. The first-order chi connectivity index (χ1) is 11.3. The van der Waals surface area contributed by atoms with Crippen molar-refractivity contribution in [3.63, 3.8) is 0 Å². The van der Waals surface area contributed by atoms with Gasteiger partial charge in [0.1, 0.15) is 0 Å². The van der Waals surface area contributed by atoms with Gasteiger partial charge in [0.25, 0.3) is 0 Å². The molecular weight excluding hydrogens is 284 g/mol.